The van der Waals surface area contributed by atoms with Gasteiger partial charge in [0.05, 0.1) is 23.8 Å². The Hall–Kier alpha value is -1.49. The van der Waals surface area contributed by atoms with Gasteiger partial charge in [0.15, 0.2) is 5.65 Å². The van der Waals surface area contributed by atoms with Gasteiger partial charge < -0.3 is 4.90 Å². The highest BCUT2D eigenvalue weighted by Crippen LogP contribution is 2.16. The van der Waals surface area contributed by atoms with Gasteiger partial charge in [0.2, 0.25) is 0 Å². The SMILES string of the molecule is CC.CCCc1ncnc2c1cnn2CCN1CCCCC1. The summed E-state index contributed by atoms with van der Waals surface area (Å²) in [7, 11) is 0. The largest absolute Gasteiger partial charge is 0.301 e. The third kappa shape index (κ3) is 4.03. The second-order valence-electron chi connectivity index (χ2n) is 5.58. The van der Waals surface area contributed by atoms with Crippen molar-refractivity contribution in [2.24, 2.45) is 0 Å². The molecule has 0 saturated carbocycles. The van der Waals surface area contributed by atoms with Gasteiger partial charge in [-0.2, -0.15) is 5.10 Å². The molecule has 0 bridgehead atoms. The summed E-state index contributed by atoms with van der Waals surface area (Å²) in [6.45, 7) is 10.6. The Labute approximate surface area is 133 Å². The Balaban J connectivity index is 0.000000847. The van der Waals surface area contributed by atoms with Crippen molar-refractivity contribution < 1.29 is 0 Å². The van der Waals surface area contributed by atoms with E-state index in [4.69, 9.17) is 0 Å². The Bertz CT molecular complexity index is 557. The first-order valence-corrected chi connectivity index (χ1v) is 8.76. The molecule has 3 rings (SSSR count). The molecule has 1 fully saturated rings. The molecule has 5 heteroatoms. The normalized spacial score (nSPS) is 15.6. The van der Waals surface area contributed by atoms with Crippen molar-refractivity contribution in [1.29, 1.82) is 0 Å². The summed E-state index contributed by atoms with van der Waals surface area (Å²) in [6, 6.07) is 0. The van der Waals surface area contributed by atoms with Crippen molar-refractivity contribution in [3.8, 4) is 0 Å². The third-order valence-electron chi connectivity index (χ3n) is 4.08. The zero-order chi connectivity index (χ0) is 15.8. The average Bonchev–Trinajstić information content (AvgIpc) is 3.00. The molecular weight excluding hydrogens is 274 g/mol. The standard InChI is InChI=1S/C15H23N5.C2H6/c1-2-6-14-13-11-18-20(15(13)17-12-16-14)10-9-19-7-4-3-5-8-19;1-2/h11-12H,2-10H2,1H3;1-2H3. The quantitative estimate of drug-likeness (QED) is 0.850. The number of rotatable bonds is 5. The van der Waals surface area contributed by atoms with Crippen LogP contribution in [0, 0.1) is 0 Å². The average molecular weight is 303 g/mol. The molecule has 5 nitrogen and oxygen atoms in total. The maximum atomic E-state index is 4.51. The molecule has 2 aromatic rings. The maximum Gasteiger partial charge on any atom is 0.161 e. The van der Waals surface area contributed by atoms with E-state index in [0.29, 0.717) is 0 Å². The first-order chi connectivity index (χ1) is 10.9. The minimum absolute atomic E-state index is 0.923. The van der Waals surface area contributed by atoms with E-state index in [1.165, 1.54) is 32.4 Å². The highest BCUT2D eigenvalue weighted by Gasteiger charge is 2.12. The Kier molecular flexibility index (Phi) is 6.77. The van der Waals surface area contributed by atoms with Crippen LogP contribution in [-0.4, -0.2) is 44.3 Å². The second kappa shape index (κ2) is 8.83. The smallest absolute Gasteiger partial charge is 0.161 e. The highest BCUT2D eigenvalue weighted by molar-refractivity contribution is 5.76. The lowest BCUT2D eigenvalue weighted by molar-refractivity contribution is 0.219. The predicted octanol–water partition coefficient (Wildman–Crippen LogP) is 3.29. The number of nitrogens with zero attached hydrogens (tertiary/aromatic N) is 5. The van der Waals surface area contributed by atoms with E-state index >= 15 is 0 Å². The number of likely N-dealkylation sites (tertiary alicyclic amines) is 1. The van der Waals surface area contributed by atoms with Crippen LogP contribution in [0.2, 0.25) is 0 Å². The summed E-state index contributed by atoms with van der Waals surface area (Å²) in [5.74, 6) is 0. The molecule has 0 aliphatic carbocycles. The van der Waals surface area contributed by atoms with Gasteiger partial charge in [-0.05, 0) is 32.4 Å². The Morgan fingerprint density at radius 1 is 1.05 bits per heavy atom. The predicted molar refractivity (Wildman–Crippen MR) is 91.0 cm³/mol. The third-order valence-corrected chi connectivity index (χ3v) is 4.08. The summed E-state index contributed by atoms with van der Waals surface area (Å²) < 4.78 is 2.03. The monoisotopic (exact) mass is 303 g/mol. The van der Waals surface area contributed by atoms with E-state index in [9.17, 15) is 0 Å². The van der Waals surface area contributed by atoms with Gasteiger partial charge in [0.25, 0.3) is 0 Å². The van der Waals surface area contributed by atoms with Crippen LogP contribution in [0.5, 0.6) is 0 Å². The van der Waals surface area contributed by atoms with Crippen molar-refractivity contribution in [3.63, 3.8) is 0 Å². The molecule has 2 aromatic heterocycles. The maximum absolute atomic E-state index is 4.51. The van der Waals surface area contributed by atoms with Crippen LogP contribution in [0.1, 0.15) is 52.1 Å². The van der Waals surface area contributed by atoms with E-state index in [-0.39, 0.29) is 0 Å². The van der Waals surface area contributed by atoms with E-state index in [2.05, 4.69) is 26.9 Å². The Morgan fingerprint density at radius 2 is 1.82 bits per heavy atom. The molecule has 122 valence electrons. The number of hydrogen-bond acceptors (Lipinski definition) is 4. The highest BCUT2D eigenvalue weighted by atomic mass is 15.3. The lowest BCUT2D eigenvalue weighted by atomic mass is 10.1. The minimum Gasteiger partial charge on any atom is -0.301 e. The van der Waals surface area contributed by atoms with Gasteiger partial charge in [-0.15, -0.1) is 0 Å². The topological polar surface area (TPSA) is 46.8 Å². The molecule has 0 aromatic carbocycles. The zero-order valence-corrected chi connectivity index (χ0v) is 14.3. The van der Waals surface area contributed by atoms with E-state index in [0.717, 1.165) is 42.7 Å². The van der Waals surface area contributed by atoms with E-state index < -0.39 is 0 Å². The van der Waals surface area contributed by atoms with Crippen molar-refractivity contribution in [3.05, 3.63) is 18.2 Å². The van der Waals surface area contributed by atoms with Gasteiger partial charge in [-0.3, -0.25) is 0 Å². The lowest BCUT2D eigenvalue weighted by Crippen LogP contribution is -2.32. The summed E-state index contributed by atoms with van der Waals surface area (Å²) in [5.41, 5.74) is 2.11. The number of piperidine rings is 1. The van der Waals surface area contributed by atoms with Gasteiger partial charge in [-0.25, -0.2) is 14.6 Å². The van der Waals surface area contributed by atoms with Crippen molar-refractivity contribution in [2.75, 3.05) is 19.6 Å². The van der Waals surface area contributed by atoms with Crippen LogP contribution in [-0.2, 0) is 13.0 Å². The molecule has 0 radical (unpaired) electrons. The lowest BCUT2D eigenvalue weighted by Gasteiger charge is -2.26. The van der Waals surface area contributed by atoms with Crippen LogP contribution in [0.15, 0.2) is 12.5 Å². The molecule has 1 saturated heterocycles. The molecule has 0 amide bonds. The van der Waals surface area contributed by atoms with Gasteiger partial charge in [-0.1, -0.05) is 33.6 Å². The van der Waals surface area contributed by atoms with Crippen LogP contribution in [0.4, 0.5) is 0 Å². The van der Waals surface area contributed by atoms with Crippen LogP contribution >= 0.6 is 0 Å². The molecule has 0 N–H and O–H groups in total. The zero-order valence-electron chi connectivity index (χ0n) is 14.3. The van der Waals surface area contributed by atoms with Crippen LogP contribution in [0.3, 0.4) is 0 Å². The first kappa shape index (κ1) is 16.9. The fraction of sp³-hybridized carbons (Fsp3) is 0.706. The Morgan fingerprint density at radius 3 is 2.55 bits per heavy atom. The fourth-order valence-corrected chi connectivity index (χ4v) is 2.96. The van der Waals surface area contributed by atoms with Crippen molar-refractivity contribution >= 4 is 11.0 Å². The molecular formula is C17H29N5. The summed E-state index contributed by atoms with van der Waals surface area (Å²) >= 11 is 0. The first-order valence-electron chi connectivity index (χ1n) is 8.76. The summed E-state index contributed by atoms with van der Waals surface area (Å²) in [5, 5.41) is 5.63. The number of aromatic nitrogens is 4. The minimum atomic E-state index is 0.923. The molecule has 22 heavy (non-hydrogen) atoms. The summed E-state index contributed by atoms with van der Waals surface area (Å²) in [6.07, 6.45) is 9.75. The number of fused-ring (bicyclic) bond motifs is 1. The van der Waals surface area contributed by atoms with Crippen molar-refractivity contribution in [1.82, 2.24) is 24.6 Å². The second-order valence-corrected chi connectivity index (χ2v) is 5.58. The van der Waals surface area contributed by atoms with Gasteiger partial charge >= 0.3 is 0 Å². The van der Waals surface area contributed by atoms with Crippen molar-refractivity contribution in [2.45, 2.75) is 59.4 Å². The molecule has 1 aliphatic heterocycles. The molecule has 1 aliphatic rings. The van der Waals surface area contributed by atoms with E-state index in [1.54, 1.807) is 6.33 Å². The van der Waals surface area contributed by atoms with Crippen LogP contribution in [0.25, 0.3) is 11.0 Å². The number of hydrogen-bond donors (Lipinski definition) is 0. The number of aryl methyl sites for hydroxylation is 1. The molecule has 0 unspecified atom stereocenters. The molecule has 0 atom stereocenters. The summed E-state index contributed by atoms with van der Waals surface area (Å²) in [4.78, 5) is 11.3. The van der Waals surface area contributed by atoms with Gasteiger partial charge in [0.1, 0.15) is 6.33 Å². The molecule has 3 heterocycles. The van der Waals surface area contributed by atoms with Gasteiger partial charge in [0, 0.05) is 6.54 Å². The fourth-order valence-electron chi connectivity index (χ4n) is 2.96. The van der Waals surface area contributed by atoms with Crippen LogP contribution < -0.4 is 0 Å². The van der Waals surface area contributed by atoms with E-state index in [1.807, 2.05) is 24.7 Å². The molecule has 0 spiro atoms.